The largest absolute Gasteiger partial charge is 0.490 e. The number of benzene rings is 1. The summed E-state index contributed by atoms with van der Waals surface area (Å²) in [6.07, 6.45) is 3.63. The Morgan fingerprint density at radius 3 is 2.79 bits per heavy atom. The Morgan fingerprint density at radius 2 is 2.04 bits per heavy atom. The lowest BCUT2D eigenvalue weighted by atomic mass is 9.93. The summed E-state index contributed by atoms with van der Waals surface area (Å²) in [6.45, 7) is 2.92. The van der Waals surface area contributed by atoms with Crippen LogP contribution in [0.5, 0.6) is 5.75 Å². The van der Waals surface area contributed by atoms with Crippen molar-refractivity contribution in [1.82, 2.24) is 10.3 Å². The van der Waals surface area contributed by atoms with Gasteiger partial charge in [-0.1, -0.05) is 6.07 Å². The fourth-order valence-electron chi connectivity index (χ4n) is 3.60. The van der Waals surface area contributed by atoms with Gasteiger partial charge in [-0.05, 0) is 50.8 Å². The van der Waals surface area contributed by atoms with E-state index in [-0.39, 0.29) is 24.7 Å². The summed E-state index contributed by atoms with van der Waals surface area (Å²) in [4.78, 5) is 16.5. The summed E-state index contributed by atoms with van der Waals surface area (Å²) in [7, 11) is 1.61. The first-order valence-electron chi connectivity index (χ1n) is 9.75. The standard InChI is InChI=1S/C21H29N3O4/c1-14-12-17(22)21-18(23-14)4-3-5-19(21)28-16-8-6-15(7-9-16)24-20(25)13-27-11-10-26-2/h3-5,12,15-16H,6-11,13H2,1-2H3,(H2,22,23)(H,24,25). The van der Waals surface area contributed by atoms with Crippen LogP contribution in [0.15, 0.2) is 24.3 Å². The average Bonchev–Trinajstić information content (AvgIpc) is 2.66. The second-order valence-electron chi connectivity index (χ2n) is 7.21. The number of nitrogen functional groups attached to an aromatic ring is 1. The molecule has 152 valence electrons. The van der Waals surface area contributed by atoms with Gasteiger partial charge in [-0.25, -0.2) is 0 Å². The van der Waals surface area contributed by atoms with Crippen LogP contribution < -0.4 is 15.8 Å². The molecule has 0 radical (unpaired) electrons. The van der Waals surface area contributed by atoms with Crippen molar-refractivity contribution in [1.29, 1.82) is 0 Å². The molecule has 1 heterocycles. The highest BCUT2D eigenvalue weighted by Gasteiger charge is 2.24. The molecule has 0 spiro atoms. The molecule has 2 aromatic rings. The maximum Gasteiger partial charge on any atom is 0.246 e. The molecular formula is C21H29N3O4. The molecule has 1 aromatic heterocycles. The van der Waals surface area contributed by atoms with Crippen molar-refractivity contribution in [3.63, 3.8) is 0 Å². The molecule has 3 N–H and O–H groups in total. The number of aromatic nitrogens is 1. The molecule has 0 saturated heterocycles. The Labute approximate surface area is 165 Å². The third kappa shape index (κ3) is 5.33. The van der Waals surface area contributed by atoms with Gasteiger partial charge in [-0.15, -0.1) is 0 Å². The number of fused-ring (bicyclic) bond motifs is 1. The van der Waals surface area contributed by atoms with Gasteiger partial charge in [0.25, 0.3) is 0 Å². The third-order valence-electron chi connectivity index (χ3n) is 4.95. The first kappa shape index (κ1) is 20.4. The lowest BCUT2D eigenvalue weighted by molar-refractivity contribution is -0.127. The summed E-state index contributed by atoms with van der Waals surface area (Å²) in [6, 6.07) is 7.88. The highest BCUT2D eigenvalue weighted by Crippen LogP contribution is 2.33. The van der Waals surface area contributed by atoms with E-state index in [1.54, 1.807) is 7.11 Å². The minimum Gasteiger partial charge on any atom is -0.490 e. The molecule has 28 heavy (non-hydrogen) atoms. The van der Waals surface area contributed by atoms with E-state index < -0.39 is 0 Å². The third-order valence-corrected chi connectivity index (χ3v) is 4.95. The molecule has 1 fully saturated rings. The number of hydrogen-bond donors (Lipinski definition) is 2. The van der Waals surface area contributed by atoms with E-state index in [0.717, 1.165) is 48.0 Å². The number of rotatable bonds is 8. The number of nitrogens with zero attached hydrogens (tertiary/aromatic N) is 1. The quantitative estimate of drug-likeness (QED) is 0.676. The number of methoxy groups -OCH3 is 1. The van der Waals surface area contributed by atoms with Crippen LogP contribution in [0.1, 0.15) is 31.4 Å². The fraction of sp³-hybridized carbons (Fsp3) is 0.524. The number of aryl methyl sites for hydroxylation is 1. The number of carbonyl (C=O) groups excluding carboxylic acids is 1. The molecule has 1 amide bonds. The van der Waals surface area contributed by atoms with Crippen LogP contribution in [0.3, 0.4) is 0 Å². The summed E-state index contributed by atoms with van der Waals surface area (Å²) < 4.78 is 16.4. The van der Waals surface area contributed by atoms with E-state index in [1.807, 2.05) is 31.2 Å². The molecule has 1 aliphatic rings. The minimum atomic E-state index is -0.0799. The number of nitrogens with one attached hydrogen (secondary N) is 1. The van der Waals surface area contributed by atoms with Crippen LogP contribution in [0.25, 0.3) is 10.9 Å². The summed E-state index contributed by atoms with van der Waals surface area (Å²) in [5, 5.41) is 3.91. The zero-order valence-electron chi connectivity index (χ0n) is 16.6. The second-order valence-corrected chi connectivity index (χ2v) is 7.21. The SMILES string of the molecule is COCCOCC(=O)NC1CCC(Oc2cccc3nc(C)cc(N)c23)CC1. The second kappa shape index (κ2) is 9.71. The van der Waals surface area contributed by atoms with Crippen molar-refractivity contribution in [2.45, 2.75) is 44.8 Å². The van der Waals surface area contributed by atoms with Crippen LogP contribution in [-0.4, -0.2) is 50.0 Å². The monoisotopic (exact) mass is 387 g/mol. The van der Waals surface area contributed by atoms with Crippen LogP contribution in [-0.2, 0) is 14.3 Å². The van der Waals surface area contributed by atoms with E-state index in [9.17, 15) is 4.79 Å². The van der Waals surface area contributed by atoms with Crippen LogP contribution >= 0.6 is 0 Å². The molecule has 7 heteroatoms. The molecule has 1 aromatic carbocycles. The number of anilines is 1. The van der Waals surface area contributed by atoms with E-state index in [1.165, 1.54) is 0 Å². The van der Waals surface area contributed by atoms with Gasteiger partial charge in [0, 0.05) is 24.5 Å². The first-order chi connectivity index (χ1) is 13.6. The molecule has 0 aliphatic heterocycles. The fourth-order valence-corrected chi connectivity index (χ4v) is 3.60. The molecule has 0 unspecified atom stereocenters. The lowest BCUT2D eigenvalue weighted by Crippen LogP contribution is -2.41. The molecule has 0 bridgehead atoms. The van der Waals surface area contributed by atoms with Crippen molar-refractivity contribution >= 4 is 22.5 Å². The predicted octanol–water partition coefficient (Wildman–Crippen LogP) is 2.59. The molecule has 1 saturated carbocycles. The summed E-state index contributed by atoms with van der Waals surface area (Å²) in [5.41, 5.74) is 8.64. The van der Waals surface area contributed by atoms with E-state index in [0.29, 0.717) is 18.9 Å². The molecule has 0 atom stereocenters. The van der Waals surface area contributed by atoms with Crippen LogP contribution in [0, 0.1) is 6.92 Å². The van der Waals surface area contributed by atoms with Gasteiger partial charge in [0.1, 0.15) is 12.4 Å². The Bertz CT molecular complexity index is 804. The normalized spacial score (nSPS) is 19.5. The van der Waals surface area contributed by atoms with Crippen molar-refractivity contribution < 1.29 is 19.0 Å². The predicted molar refractivity (Wildman–Crippen MR) is 108 cm³/mol. The highest BCUT2D eigenvalue weighted by molar-refractivity contribution is 5.95. The summed E-state index contributed by atoms with van der Waals surface area (Å²) >= 11 is 0. The topological polar surface area (TPSA) is 95.7 Å². The van der Waals surface area contributed by atoms with Gasteiger partial charge in [0.2, 0.25) is 5.91 Å². The van der Waals surface area contributed by atoms with Crippen LogP contribution in [0.2, 0.25) is 0 Å². The average molecular weight is 387 g/mol. The molecule has 1 aliphatic carbocycles. The summed E-state index contributed by atoms with van der Waals surface area (Å²) in [5.74, 6) is 0.699. The van der Waals surface area contributed by atoms with Gasteiger partial charge in [-0.2, -0.15) is 0 Å². The Balaban J connectivity index is 1.51. The van der Waals surface area contributed by atoms with Crippen molar-refractivity contribution in [3.05, 3.63) is 30.0 Å². The van der Waals surface area contributed by atoms with Gasteiger partial charge in [0.05, 0.1) is 30.2 Å². The van der Waals surface area contributed by atoms with Gasteiger partial charge in [0.15, 0.2) is 0 Å². The number of hydrogen-bond acceptors (Lipinski definition) is 6. The Morgan fingerprint density at radius 1 is 1.25 bits per heavy atom. The maximum atomic E-state index is 11.9. The number of carbonyl (C=O) groups is 1. The van der Waals surface area contributed by atoms with Crippen LogP contribution in [0.4, 0.5) is 5.69 Å². The Kier molecular flexibility index (Phi) is 7.06. The number of amides is 1. The lowest BCUT2D eigenvalue weighted by Gasteiger charge is -2.30. The van der Waals surface area contributed by atoms with E-state index in [4.69, 9.17) is 19.9 Å². The maximum absolute atomic E-state index is 11.9. The van der Waals surface area contributed by atoms with Crippen molar-refractivity contribution in [2.75, 3.05) is 32.7 Å². The molecule has 7 nitrogen and oxygen atoms in total. The van der Waals surface area contributed by atoms with Crippen molar-refractivity contribution in [3.8, 4) is 5.75 Å². The molecule has 3 rings (SSSR count). The van der Waals surface area contributed by atoms with Gasteiger partial charge >= 0.3 is 0 Å². The smallest absolute Gasteiger partial charge is 0.246 e. The highest BCUT2D eigenvalue weighted by atomic mass is 16.5. The van der Waals surface area contributed by atoms with Crippen molar-refractivity contribution in [2.24, 2.45) is 0 Å². The first-order valence-corrected chi connectivity index (χ1v) is 9.75. The number of nitrogens with two attached hydrogens (primary N) is 1. The molecular weight excluding hydrogens is 358 g/mol. The number of ether oxygens (including phenoxy) is 3. The van der Waals surface area contributed by atoms with E-state index in [2.05, 4.69) is 10.3 Å². The van der Waals surface area contributed by atoms with E-state index >= 15 is 0 Å². The Hall–Kier alpha value is -2.38. The zero-order valence-corrected chi connectivity index (χ0v) is 16.6. The minimum absolute atomic E-state index is 0.0709. The zero-order chi connectivity index (χ0) is 19.9. The number of pyridine rings is 1. The van der Waals surface area contributed by atoms with Gasteiger partial charge in [-0.3, -0.25) is 9.78 Å². The van der Waals surface area contributed by atoms with Gasteiger partial charge < -0.3 is 25.3 Å².